The molecular weight excluding hydrogens is 174 g/mol. The van der Waals surface area contributed by atoms with Crippen LogP contribution in [0.25, 0.3) is 0 Å². The highest BCUT2D eigenvalue weighted by atomic mass is 16.5. The van der Waals surface area contributed by atoms with E-state index in [1.165, 1.54) is 25.7 Å². The molecule has 2 aliphatic rings. The van der Waals surface area contributed by atoms with Crippen molar-refractivity contribution < 1.29 is 4.74 Å². The van der Waals surface area contributed by atoms with E-state index in [0.717, 1.165) is 12.5 Å². The Morgan fingerprint density at radius 2 is 2.21 bits per heavy atom. The Morgan fingerprint density at radius 3 is 2.93 bits per heavy atom. The Labute approximate surface area is 87.4 Å². The van der Waals surface area contributed by atoms with Crippen LogP contribution in [0, 0.1) is 5.92 Å². The lowest BCUT2D eigenvalue weighted by atomic mass is 9.91. The zero-order valence-electron chi connectivity index (χ0n) is 9.68. The molecular formula is C12H23NO. The maximum absolute atomic E-state index is 6.25. The van der Waals surface area contributed by atoms with Crippen molar-refractivity contribution >= 4 is 0 Å². The van der Waals surface area contributed by atoms with Crippen molar-refractivity contribution in [3.8, 4) is 0 Å². The van der Waals surface area contributed by atoms with E-state index in [0.29, 0.717) is 12.1 Å². The molecule has 1 aliphatic carbocycles. The Hall–Kier alpha value is -0.0800. The molecule has 0 bridgehead atoms. The predicted molar refractivity (Wildman–Crippen MR) is 58.4 cm³/mol. The molecule has 3 unspecified atom stereocenters. The zero-order valence-corrected chi connectivity index (χ0v) is 9.68. The maximum Gasteiger partial charge on any atom is 0.0785 e. The van der Waals surface area contributed by atoms with E-state index in [9.17, 15) is 0 Å². The topological polar surface area (TPSA) is 21.3 Å². The van der Waals surface area contributed by atoms with Gasteiger partial charge < -0.3 is 10.1 Å². The van der Waals surface area contributed by atoms with Crippen LogP contribution in [-0.4, -0.2) is 24.3 Å². The molecule has 0 amide bonds. The van der Waals surface area contributed by atoms with Gasteiger partial charge in [0.1, 0.15) is 0 Å². The summed E-state index contributed by atoms with van der Waals surface area (Å²) in [6.45, 7) is 7.84. The van der Waals surface area contributed by atoms with Gasteiger partial charge in [-0.1, -0.05) is 13.8 Å². The van der Waals surface area contributed by atoms with Gasteiger partial charge in [0, 0.05) is 12.6 Å². The molecule has 1 aliphatic heterocycles. The minimum Gasteiger partial charge on any atom is -0.369 e. The summed E-state index contributed by atoms with van der Waals surface area (Å²) in [6, 6.07) is 0.648. The average molecular weight is 197 g/mol. The minimum atomic E-state index is 0.0830. The zero-order chi connectivity index (χ0) is 10.2. The summed E-state index contributed by atoms with van der Waals surface area (Å²) in [6.07, 6.45) is 5.56. The summed E-state index contributed by atoms with van der Waals surface area (Å²) in [5.74, 6) is 0.722. The van der Waals surface area contributed by atoms with Gasteiger partial charge in [-0.3, -0.25) is 0 Å². The van der Waals surface area contributed by atoms with Gasteiger partial charge in [0.25, 0.3) is 0 Å². The second kappa shape index (κ2) is 3.82. The second-order valence-corrected chi connectivity index (χ2v) is 5.62. The molecule has 3 atom stereocenters. The van der Waals surface area contributed by atoms with Crippen LogP contribution in [0.5, 0.6) is 0 Å². The monoisotopic (exact) mass is 197 g/mol. The van der Waals surface area contributed by atoms with Gasteiger partial charge in [0.15, 0.2) is 0 Å². The molecule has 2 heteroatoms. The van der Waals surface area contributed by atoms with Crippen molar-refractivity contribution in [2.24, 2.45) is 5.92 Å². The Bertz CT molecular complexity index is 204. The van der Waals surface area contributed by atoms with Crippen LogP contribution >= 0.6 is 0 Å². The molecule has 1 heterocycles. The smallest absolute Gasteiger partial charge is 0.0785 e. The molecule has 2 rings (SSSR count). The number of hydrogen-bond donors (Lipinski definition) is 1. The Morgan fingerprint density at radius 1 is 1.43 bits per heavy atom. The predicted octanol–water partition coefficient (Wildman–Crippen LogP) is 2.33. The van der Waals surface area contributed by atoms with Crippen LogP contribution in [0.15, 0.2) is 0 Å². The fourth-order valence-corrected chi connectivity index (χ4v) is 3.04. The van der Waals surface area contributed by atoms with Gasteiger partial charge in [-0.2, -0.15) is 0 Å². The number of nitrogens with one attached hydrogen (secondary N) is 1. The van der Waals surface area contributed by atoms with E-state index >= 15 is 0 Å². The highest BCUT2D eigenvalue weighted by Crippen LogP contribution is 2.33. The number of hydrogen-bond acceptors (Lipinski definition) is 2. The van der Waals surface area contributed by atoms with Crippen molar-refractivity contribution in [3.63, 3.8) is 0 Å². The van der Waals surface area contributed by atoms with Gasteiger partial charge in [-0.25, -0.2) is 0 Å². The molecule has 1 saturated carbocycles. The van der Waals surface area contributed by atoms with Crippen LogP contribution in [0.3, 0.4) is 0 Å². The summed E-state index contributed by atoms with van der Waals surface area (Å²) < 4.78 is 6.25. The molecule has 0 aromatic rings. The highest BCUT2D eigenvalue weighted by molar-refractivity contribution is 4.94. The second-order valence-electron chi connectivity index (χ2n) is 5.62. The lowest BCUT2D eigenvalue weighted by molar-refractivity contribution is -0.125. The minimum absolute atomic E-state index is 0.0830. The fourth-order valence-electron chi connectivity index (χ4n) is 3.04. The molecule has 1 N–H and O–H groups in total. The van der Waals surface area contributed by atoms with Crippen LogP contribution in [-0.2, 0) is 4.74 Å². The van der Waals surface area contributed by atoms with Crippen LogP contribution in [0.4, 0.5) is 0 Å². The average Bonchev–Trinajstić information content (AvgIpc) is 2.48. The van der Waals surface area contributed by atoms with Gasteiger partial charge in [-0.15, -0.1) is 0 Å². The molecule has 0 spiro atoms. The number of morpholine rings is 1. The van der Waals surface area contributed by atoms with Crippen molar-refractivity contribution in [1.29, 1.82) is 0 Å². The number of fused-ring (bicyclic) bond motifs is 1. The normalized spacial score (nSPS) is 42.9. The SMILES string of the molecule is CC(C)CC1(C)CNC2CCCC2O1. The maximum atomic E-state index is 6.25. The quantitative estimate of drug-likeness (QED) is 0.733. The van der Waals surface area contributed by atoms with E-state index in [4.69, 9.17) is 4.74 Å². The van der Waals surface area contributed by atoms with Crippen molar-refractivity contribution in [1.82, 2.24) is 5.32 Å². The largest absolute Gasteiger partial charge is 0.369 e. The van der Waals surface area contributed by atoms with E-state index in [-0.39, 0.29) is 5.60 Å². The Balaban J connectivity index is 1.95. The summed E-state index contributed by atoms with van der Waals surface area (Å²) in [5, 5.41) is 3.65. The van der Waals surface area contributed by atoms with Crippen molar-refractivity contribution in [2.45, 2.75) is 64.2 Å². The molecule has 2 nitrogen and oxygen atoms in total. The molecule has 14 heavy (non-hydrogen) atoms. The standard InChI is InChI=1S/C12H23NO/c1-9(2)7-12(3)8-13-10-5-4-6-11(10)14-12/h9-11,13H,4-8H2,1-3H3. The van der Waals surface area contributed by atoms with Crippen LogP contribution < -0.4 is 5.32 Å². The summed E-state index contributed by atoms with van der Waals surface area (Å²) in [5.41, 5.74) is 0.0830. The van der Waals surface area contributed by atoms with E-state index in [1.807, 2.05) is 0 Å². The summed E-state index contributed by atoms with van der Waals surface area (Å²) in [7, 11) is 0. The fraction of sp³-hybridized carbons (Fsp3) is 1.00. The lowest BCUT2D eigenvalue weighted by Crippen LogP contribution is -2.56. The third-order valence-electron chi connectivity index (χ3n) is 3.47. The van der Waals surface area contributed by atoms with Crippen LogP contribution in [0.2, 0.25) is 0 Å². The molecule has 0 aromatic heterocycles. The van der Waals surface area contributed by atoms with Gasteiger partial charge >= 0.3 is 0 Å². The van der Waals surface area contributed by atoms with Crippen molar-refractivity contribution in [2.75, 3.05) is 6.54 Å². The molecule has 1 saturated heterocycles. The first kappa shape index (κ1) is 10.4. The Kier molecular flexibility index (Phi) is 2.85. The number of rotatable bonds is 2. The first-order valence-electron chi connectivity index (χ1n) is 6.00. The van der Waals surface area contributed by atoms with Gasteiger partial charge in [-0.05, 0) is 38.5 Å². The molecule has 2 fully saturated rings. The summed E-state index contributed by atoms with van der Waals surface area (Å²) >= 11 is 0. The number of ether oxygens (including phenoxy) is 1. The molecule has 0 radical (unpaired) electrons. The van der Waals surface area contributed by atoms with Crippen molar-refractivity contribution in [3.05, 3.63) is 0 Å². The first-order chi connectivity index (χ1) is 6.59. The summed E-state index contributed by atoms with van der Waals surface area (Å²) in [4.78, 5) is 0. The highest BCUT2D eigenvalue weighted by Gasteiger charge is 2.40. The van der Waals surface area contributed by atoms with Gasteiger partial charge in [0.05, 0.1) is 11.7 Å². The van der Waals surface area contributed by atoms with Crippen LogP contribution in [0.1, 0.15) is 46.5 Å². The van der Waals surface area contributed by atoms with E-state index in [1.54, 1.807) is 0 Å². The lowest BCUT2D eigenvalue weighted by Gasteiger charge is -2.42. The molecule has 82 valence electrons. The third kappa shape index (κ3) is 2.12. The molecule has 0 aromatic carbocycles. The first-order valence-corrected chi connectivity index (χ1v) is 6.00. The van der Waals surface area contributed by atoms with Gasteiger partial charge in [0.2, 0.25) is 0 Å². The van der Waals surface area contributed by atoms with E-state index < -0.39 is 0 Å². The van der Waals surface area contributed by atoms with E-state index in [2.05, 4.69) is 26.1 Å². The third-order valence-corrected chi connectivity index (χ3v) is 3.47.